The molecule has 0 aliphatic heterocycles. The maximum absolute atomic E-state index is 12.4. The predicted octanol–water partition coefficient (Wildman–Crippen LogP) is 3.43. The number of aryl methyl sites for hydroxylation is 1. The molecule has 0 bridgehead atoms. The quantitative estimate of drug-likeness (QED) is 0.739. The molecule has 7 heteroatoms. The summed E-state index contributed by atoms with van der Waals surface area (Å²) in [5.41, 5.74) is 3.33. The maximum Gasteiger partial charge on any atom is 0.337 e. The van der Waals surface area contributed by atoms with Gasteiger partial charge >= 0.3 is 5.97 Å². The average molecular weight is 373 g/mol. The van der Waals surface area contributed by atoms with Crippen molar-refractivity contribution in [3.8, 4) is 5.75 Å². The highest BCUT2D eigenvalue weighted by atomic mass is 16.5. The number of carboxylic acid groups (broad SMARTS) is 1. The first-order valence-corrected chi connectivity index (χ1v) is 8.97. The van der Waals surface area contributed by atoms with Crippen LogP contribution in [0.15, 0.2) is 18.2 Å². The number of nitrogens with one attached hydrogen (secondary N) is 1. The molecule has 0 atom stereocenters. The van der Waals surface area contributed by atoms with E-state index in [4.69, 9.17) is 4.74 Å². The summed E-state index contributed by atoms with van der Waals surface area (Å²) in [6.07, 6.45) is 0.806. The lowest BCUT2D eigenvalue weighted by atomic mass is 10.1. The van der Waals surface area contributed by atoms with Gasteiger partial charge in [-0.1, -0.05) is 13.8 Å². The summed E-state index contributed by atoms with van der Waals surface area (Å²) >= 11 is 0. The molecule has 2 rings (SSSR count). The molecule has 1 aromatic carbocycles. The predicted molar refractivity (Wildman–Crippen MR) is 103 cm³/mol. The van der Waals surface area contributed by atoms with Crippen molar-refractivity contribution in [1.29, 1.82) is 0 Å². The average Bonchev–Trinajstić information content (AvgIpc) is 2.86. The highest BCUT2D eigenvalue weighted by Crippen LogP contribution is 2.23. The third-order valence-corrected chi connectivity index (χ3v) is 4.40. The molecule has 0 spiro atoms. The van der Waals surface area contributed by atoms with Gasteiger partial charge in [-0.15, -0.1) is 0 Å². The van der Waals surface area contributed by atoms with E-state index in [1.165, 1.54) is 19.2 Å². The number of hydrogen-bond acceptors (Lipinski definition) is 4. The number of rotatable bonds is 8. The number of amides is 1. The summed E-state index contributed by atoms with van der Waals surface area (Å²) in [4.78, 5) is 23.8. The smallest absolute Gasteiger partial charge is 0.337 e. The zero-order valence-electron chi connectivity index (χ0n) is 16.5. The van der Waals surface area contributed by atoms with Crippen LogP contribution in [0, 0.1) is 19.8 Å². The van der Waals surface area contributed by atoms with E-state index < -0.39 is 5.97 Å². The molecule has 7 nitrogen and oxygen atoms in total. The van der Waals surface area contributed by atoms with E-state index in [9.17, 15) is 14.7 Å². The number of benzene rings is 1. The molecule has 2 aromatic rings. The second kappa shape index (κ2) is 8.70. The number of aromatic carboxylic acids is 1. The van der Waals surface area contributed by atoms with Crippen LogP contribution in [0.1, 0.15) is 47.6 Å². The molecule has 0 unspecified atom stereocenters. The van der Waals surface area contributed by atoms with E-state index in [1.54, 1.807) is 6.07 Å². The second-order valence-electron chi connectivity index (χ2n) is 6.99. The Morgan fingerprint density at radius 1 is 1.30 bits per heavy atom. The van der Waals surface area contributed by atoms with Gasteiger partial charge in [-0.05, 0) is 49.9 Å². The fourth-order valence-corrected chi connectivity index (χ4v) is 3.01. The Hall–Kier alpha value is -2.83. The Bertz CT molecular complexity index is 840. The summed E-state index contributed by atoms with van der Waals surface area (Å²) in [6, 6.07) is 4.55. The lowest BCUT2D eigenvalue weighted by molar-refractivity contribution is -0.116. The van der Waals surface area contributed by atoms with Gasteiger partial charge in [0.15, 0.2) is 0 Å². The van der Waals surface area contributed by atoms with Crippen LogP contribution >= 0.6 is 0 Å². The molecule has 0 saturated carbocycles. The minimum Gasteiger partial charge on any atom is -0.497 e. The summed E-state index contributed by atoms with van der Waals surface area (Å²) in [5, 5.41) is 16.6. The molecule has 0 radical (unpaired) electrons. The Morgan fingerprint density at radius 3 is 2.59 bits per heavy atom. The normalized spacial score (nSPS) is 10.9. The fraction of sp³-hybridized carbons (Fsp3) is 0.450. The van der Waals surface area contributed by atoms with Crippen LogP contribution in [0.25, 0.3) is 0 Å². The highest BCUT2D eigenvalue weighted by Gasteiger charge is 2.16. The van der Waals surface area contributed by atoms with Gasteiger partial charge in [-0.25, -0.2) is 4.79 Å². The number of hydrogen-bond donors (Lipinski definition) is 2. The van der Waals surface area contributed by atoms with Gasteiger partial charge in [0.1, 0.15) is 5.75 Å². The van der Waals surface area contributed by atoms with Gasteiger partial charge in [0, 0.05) is 18.7 Å². The number of nitrogens with zero attached hydrogens (tertiary/aromatic N) is 2. The van der Waals surface area contributed by atoms with Gasteiger partial charge in [0.05, 0.1) is 24.1 Å². The molecule has 0 aliphatic carbocycles. The largest absolute Gasteiger partial charge is 0.497 e. The van der Waals surface area contributed by atoms with E-state index in [1.807, 2.05) is 18.5 Å². The lowest BCUT2D eigenvalue weighted by Gasteiger charge is -2.10. The summed E-state index contributed by atoms with van der Waals surface area (Å²) < 4.78 is 7.03. The maximum atomic E-state index is 12.4. The van der Waals surface area contributed by atoms with Crippen molar-refractivity contribution in [1.82, 2.24) is 9.78 Å². The Balaban J connectivity index is 2.07. The van der Waals surface area contributed by atoms with E-state index in [2.05, 4.69) is 24.3 Å². The molecular weight excluding hydrogens is 346 g/mol. The number of ether oxygens (including phenoxy) is 1. The topological polar surface area (TPSA) is 93.5 Å². The first-order chi connectivity index (χ1) is 12.7. The summed E-state index contributed by atoms with van der Waals surface area (Å²) in [6.45, 7) is 9.08. The number of methoxy groups -OCH3 is 1. The van der Waals surface area contributed by atoms with Crippen molar-refractivity contribution >= 4 is 17.6 Å². The third-order valence-electron chi connectivity index (χ3n) is 4.40. The molecule has 27 heavy (non-hydrogen) atoms. The van der Waals surface area contributed by atoms with Crippen molar-refractivity contribution in [3.05, 3.63) is 40.7 Å². The van der Waals surface area contributed by atoms with Gasteiger partial charge in [-0.2, -0.15) is 5.10 Å². The number of carboxylic acids is 1. The van der Waals surface area contributed by atoms with Crippen LogP contribution in [-0.4, -0.2) is 33.9 Å². The zero-order valence-corrected chi connectivity index (χ0v) is 16.5. The molecule has 1 amide bonds. The van der Waals surface area contributed by atoms with Crippen LogP contribution < -0.4 is 10.1 Å². The minimum absolute atomic E-state index is 0.000172. The van der Waals surface area contributed by atoms with Crippen LogP contribution in [0.5, 0.6) is 5.75 Å². The molecule has 146 valence electrons. The molecular formula is C20H27N3O4. The minimum atomic E-state index is -1.12. The molecule has 0 saturated heterocycles. The van der Waals surface area contributed by atoms with Crippen molar-refractivity contribution in [2.24, 2.45) is 5.92 Å². The molecule has 0 aliphatic rings. The van der Waals surface area contributed by atoms with Crippen molar-refractivity contribution in [3.63, 3.8) is 0 Å². The van der Waals surface area contributed by atoms with Gasteiger partial charge < -0.3 is 15.2 Å². The zero-order chi connectivity index (χ0) is 20.1. The standard InChI is InChI=1S/C20H27N3O4/c1-12(2)11-23-14(4)16(13(3)22-23)7-9-19(24)21-18-8-6-15(27-5)10-17(18)20(25)26/h6,8,10,12H,7,9,11H2,1-5H3,(H,21,24)(H,25,26). The van der Waals surface area contributed by atoms with Crippen LogP contribution in [0.4, 0.5) is 5.69 Å². The van der Waals surface area contributed by atoms with E-state index >= 15 is 0 Å². The number of aromatic nitrogens is 2. The number of anilines is 1. The number of carbonyl (C=O) groups is 2. The van der Waals surface area contributed by atoms with Crippen LogP contribution in [-0.2, 0) is 17.8 Å². The van der Waals surface area contributed by atoms with Crippen molar-refractivity contribution < 1.29 is 19.4 Å². The Labute approximate surface area is 159 Å². The first kappa shape index (κ1) is 20.5. The van der Waals surface area contributed by atoms with Gasteiger partial charge in [-0.3, -0.25) is 9.48 Å². The van der Waals surface area contributed by atoms with Gasteiger partial charge in [0.2, 0.25) is 5.91 Å². The first-order valence-electron chi connectivity index (χ1n) is 8.97. The van der Waals surface area contributed by atoms with E-state index in [0.29, 0.717) is 18.1 Å². The fourth-order valence-electron chi connectivity index (χ4n) is 3.01. The lowest BCUT2D eigenvalue weighted by Crippen LogP contribution is -2.15. The summed E-state index contributed by atoms with van der Waals surface area (Å²) in [7, 11) is 1.46. The highest BCUT2D eigenvalue weighted by molar-refractivity contribution is 6.00. The molecule has 1 aromatic heterocycles. The summed E-state index contributed by atoms with van der Waals surface area (Å²) in [5.74, 6) is -0.443. The van der Waals surface area contributed by atoms with E-state index in [-0.39, 0.29) is 23.6 Å². The van der Waals surface area contributed by atoms with Crippen LogP contribution in [0.2, 0.25) is 0 Å². The molecule has 0 fully saturated rings. The van der Waals surface area contributed by atoms with Gasteiger partial charge in [0.25, 0.3) is 0 Å². The van der Waals surface area contributed by atoms with E-state index in [0.717, 1.165) is 23.5 Å². The Morgan fingerprint density at radius 2 is 2.00 bits per heavy atom. The second-order valence-corrected chi connectivity index (χ2v) is 6.99. The van der Waals surface area contributed by atoms with Crippen LogP contribution in [0.3, 0.4) is 0 Å². The SMILES string of the molecule is COc1ccc(NC(=O)CCc2c(C)nn(CC(C)C)c2C)c(C(=O)O)c1. The van der Waals surface area contributed by atoms with Crippen molar-refractivity contribution in [2.45, 2.75) is 47.1 Å². The molecule has 1 heterocycles. The van der Waals surface area contributed by atoms with Crippen molar-refractivity contribution in [2.75, 3.05) is 12.4 Å². The Kier molecular flexibility index (Phi) is 6.60. The molecule has 2 N–H and O–H groups in total. The number of carbonyl (C=O) groups excluding carboxylic acids is 1. The monoisotopic (exact) mass is 373 g/mol. The third kappa shape index (κ3) is 5.09.